The van der Waals surface area contributed by atoms with Gasteiger partial charge in [-0.1, -0.05) is 31.4 Å². The van der Waals surface area contributed by atoms with Gasteiger partial charge in [-0.05, 0) is 57.0 Å². The maximum Gasteiger partial charge on any atom is 0.259 e. The van der Waals surface area contributed by atoms with Crippen molar-refractivity contribution in [1.82, 2.24) is 9.29 Å². The number of benzene rings is 1. The van der Waals surface area contributed by atoms with Gasteiger partial charge in [-0.25, -0.2) is 13.4 Å². The number of carbonyl (C=O) groups excluding carboxylic acids is 1. The highest BCUT2D eigenvalue weighted by atomic mass is 32.2. The van der Waals surface area contributed by atoms with Crippen LogP contribution in [0.2, 0.25) is 0 Å². The molecular formula is C24H31N3O4S. The predicted octanol–water partition coefficient (Wildman–Crippen LogP) is 3.86. The second-order valence-electron chi connectivity index (χ2n) is 8.76. The highest BCUT2D eigenvalue weighted by molar-refractivity contribution is 7.89. The molecule has 1 aromatic carbocycles. The molecule has 1 saturated heterocycles. The maximum atomic E-state index is 13.7. The van der Waals surface area contributed by atoms with Gasteiger partial charge in [0.15, 0.2) is 0 Å². The van der Waals surface area contributed by atoms with Gasteiger partial charge in [0, 0.05) is 30.9 Å². The molecule has 8 heteroatoms. The molecule has 32 heavy (non-hydrogen) atoms. The van der Waals surface area contributed by atoms with Crippen LogP contribution in [0.5, 0.6) is 0 Å². The lowest BCUT2D eigenvalue weighted by molar-refractivity contribution is -0.0440. The van der Waals surface area contributed by atoms with Crippen LogP contribution in [-0.2, 0) is 14.8 Å². The highest BCUT2D eigenvalue weighted by Gasteiger charge is 2.33. The highest BCUT2D eigenvalue weighted by Crippen LogP contribution is 2.29. The number of hydrogen-bond donors (Lipinski definition) is 0. The Balaban J connectivity index is 1.65. The van der Waals surface area contributed by atoms with Gasteiger partial charge in [0.05, 0.1) is 17.1 Å². The second kappa shape index (κ2) is 9.68. The lowest BCUT2D eigenvalue weighted by Crippen LogP contribution is -2.48. The fraction of sp³-hybridized carbons (Fsp3) is 0.500. The lowest BCUT2D eigenvalue weighted by atomic mass is 9.93. The first-order chi connectivity index (χ1) is 15.4. The van der Waals surface area contributed by atoms with Crippen molar-refractivity contribution in [2.75, 3.05) is 18.0 Å². The average molecular weight is 458 g/mol. The van der Waals surface area contributed by atoms with E-state index in [9.17, 15) is 13.2 Å². The Morgan fingerprint density at radius 2 is 1.75 bits per heavy atom. The maximum absolute atomic E-state index is 13.7. The molecule has 172 valence electrons. The lowest BCUT2D eigenvalue weighted by Gasteiger charge is -2.35. The van der Waals surface area contributed by atoms with Crippen molar-refractivity contribution < 1.29 is 17.9 Å². The van der Waals surface area contributed by atoms with E-state index in [1.54, 1.807) is 29.3 Å². The summed E-state index contributed by atoms with van der Waals surface area (Å²) in [5.41, 5.74) is 0.358. The Labute approximate surface area is 190 Å². The monoisotopic (exact) mass is 457 g/mol. The van der Waals surface area contributed by atoms with E-state index in [0.717, 1.165) is 25.7 Å². The number of carbonyl (C=O) groups is 1. The van der Waals surface area contributed by atoms with Crippen LogP contribution in [0.3, 0.4) is 0 Å². The van der Waals surface area contributed by atoms with Gasteiger partial charge in [-0.3, -0.25) is 9.69 Å². The summed E-state index contributed by atoms with van der Waals surface area (Å²) in [6.45, 7) is 4.33. The number of morpholine rings is 1. The second-order valence-corrected chi connectivity index (χ2v) is 10.7. The molecule has 0 unspecified atom stereocenters. The molecule has 2 atom stereocenters. The minimum atomic E-state index is -3.73. The third-order valence-electron chi connectivity index (χ3n) is 6.16. The van der Waals surface area contributed by atoms with Crippen LogP contribution in [0.15, 0.2) is 53.6 Å². The summed E-state index contributed by atoms with van der Waals surface area (Å²) in [6.07, 6.45) is 6.48. The zero-order valence-corrected chi connectivity index (χ0v) is 19.5. The van der Waals surface area contributed by atoms with Gasteiger partial charge >= 0.3 is 0 Å². The number of ether oxygens (including phenoxy) is 1. The summed E-state index contributed by atoms with van der Waals surface area (Å²) in [6, 6.07) is 12.0. The van der Waals surface area contributed by atoms with Crippen molar-refractivity contribution in [3.63, 3.8) is 0 Å². The molecule has 2 heterocycles. The zero-order chi connectivity index (χ0) is 22.7. The van der Waals surface area contributed by atoms with Crippen LogP contribution in [0.25, 0.3) is 0 Å². The SMILES string of the molecule is C[C@@H]1CN(S(=O)(=O)c2cccc(C(=O)N(c3ccccn3)C3CCCCC3)c2)C[C@@H](C)O1. The smallest absolute Gasteiger partial charge is 0.259 e. The van der Waals surface area contributed by atoms with Crippen LogP contribution in [0, 0.1) is 0 Å². The number of aromatic nitrogens is 1. The molecule has 0 radical (unpaired) electrons. The summed E-state index contributed by atoms with van der Waals surface area (Å²) < 4.78 is 33.8. The Morgan fingerprint density at radius 3 is 2.41 bits per heavy atom. The summed E-state index contributed by atoms with van der Waals surface area (Å²) in [5, 5.41) is 0. The third kappa shape index (κ3) is 4.87. The largest absolute Gasteiger partial charge is 0.373 e. The molecule has 7 nitrogen and oxygen atoms in total. The van der Waals surface area contributed by atoms with Gasteiger partial charge in [-0.15, -0.1) is 0 Å². The fourth-order valence-electron chi connectivity index (χ4n) is 4.70. The number of anilines is 1. The molecule has 1 saturated carbocycles. The number of sulfonamides is 1. The quantitative estimate of drug-likeness (QED) is 0.681. The number of nitrogens with zero attached hydrogens (tertiary/aromatic N) is 3. The minimum Gasteiger partial charge on any atom is -0.373 e. The molecule has 0 bridgehead atoms. The number of rotatable bonds is 5. The van der Waals surface area contributed by atoms with Crippen molar-refractivity contribution in [1.29, 1.82) is 0 Å². The van der Waals surface area contributed by atoms with Crippen molar-refractivity contribution in [3.8, 4) is 0 Å². The Hall–Kier alpha value is -2.29. The number of pyridine rings is 1. The van der Waals surface area contributed by atoms with Crippen molar-refractivity contribution in [3.05, 3.63) is 54.2 Å². The van der Waals surface area contributed by atoms with Gasteiger partial charge in [0.2, 0.25) is 10.0 Å². The zero-order valence-electron chi connectivity index (χ0n) is 18.7. The van der Waals surface area contributed by atoms with E-state index in [4.69, 9.17) is 4.74 Å². The molecule has 2 fully saturated rings. The van der Waals surface area contributed by atoms with Gasteiger partial charge < -0.3 is 4.74 Å². The summed E-state index contributed by atoms with van der Waals surface area (Å²) >= 11 is 0. The van der Waals surface area contributed by atoms with Crippen molar-refractivity contribution >= 4 is 21.7 Å². The molecule has 4 rings (SSSR count). The van der Waals surface area contributed by atoms with Gasteiger partial charge in [-0.2, -0.15) is 4.31 Å². The molecule has 1 aliphatic carbocycles. The van der Waals surface area contributed by atoms with E-state index < -0.39 is 10.0 Å². The Bertz CT molecular complexity index is 1030. The first-order valence-electron chi connectivity index (χ1n) is 11.4. The van der Waals surface area contributed by atoms with Crippen LogP contribution >= 0.6 is 0 Å². The van der Waals surface area contributed by atoms with Gasteiger partial charge in [0.25, 0.3) is 5.91 Å². The first kappa shape index (κ1) is 22.9. The van der Waals surface area contributed by atoms with E-state index in [-0.39, 0.29) is 29.1 Å². The van der Waals surface area contributed by atoms with E-state index >= 15 is 0 Å². The standard InChI is InChI=1S/C24H31N3O4S/c1-18-16-26(17-19(2)31-18)32(29,30)22-12-8-9-20(15-22)24(28)27(21-10-4-3-5-11-21)23-13-6-7-14-25-23/h6-9,12-15,18-19,21H,3-5,10-11,16-17H2,1-2H3/t18-,19-/m1/s1. The first-order valence-corrected chi connectivity index (χ1v) is 12.8. The summed E-state index contributed by atoms with van der Waals surface area (Å²) in [4.78, 5) is 20.0. The van der Waals surface area contributed by atoms with E-state index in [2.05, 4.69) is 4.98 Å². The third-order valence-corrected chi connectivity index (χ3v) is 7.99. The number of hydrogen-bond acceptors (Lipinski definition) is 5. The minimum absolute atomic E-state index is 0.0624. The molecule has 2 aromatic rings. The normalized spacial score (nSPS) is 23.1. The summed E-state index contributed by atoms with van der Waals surface area (Å²) in [7, 11) is -3.73. The van der Waals surface area contributed by atoms with E-state index in [0.29, 0.717) is 24.5 Å². The van der Waals surface area contributed by atoms with Gasteiger partial charge in [0.1, 0.15) is 5.82 Å². The summed E-state index contributed by atoms with van der Waals surface area (Å²) in [5.74, 6) is 0.393. The van der Waals surface area contributed by atoms with E-state index in [1.165, 1.54) is 16.8 Å². The number of amides is 1. The Morgan fingerprint density at radius 1 is 1.03 bits per heavy atom. The van der Waals surface area contributed by atoms with Crippen molar-refractivity contribution in [2.45, 2.75) is 69.1 Å². The molecular weight excluding hydrogens is 426 g/mol. The predicted molar refractivity (Wildman–Crippen MR) is 123 cm³/mol. The molecule has 0 N–H and O–H groups in total. The topological polar surface area (TPSA) is 79.8 Å². The molecule has 1 aromatic heterocycles. The fourth-order valence-corrected chi connectivity index (χ4v) is 6.33. The molecule has 2 aliphatic rings. The Kier molecular flexibility index (Phi) is 6.93. The van der Waals surface area contributed by atoms with Crippen LogP contribution in [-0.4, -0.2) is 55.0 Å². The van der Waals surface area contributed by atoms with Crippen LogP contribution in [0.1, 0.15) is 56.3 Å². The molecule has 0 spiro atoms. The van der Waals surface area contributed by atoms with E-state index in [1.807, 2.05) is 32.0 Å². The average Bonchev–Trinajstić information content (AvgIpc) is 2.80. The van der Waals surface area contributed by atoms with Crippen molar-refractivity contribution in [2.24, 2.45) is 0 Å². The molecule has 1 amide bonds. The molecule has 1 aliphatic heterocycles. The van der Waals surface area contributed by atoms with Crippen LogP contribution < -0.4 is 4.90 Å². The van der Waals surface area contributed by atoms with Crippen LogP contribution in [0.4, 0.5) is 5.82 Å².